The lowest BCUT2D eigenvalue weighted by Gasteiger charge is -2.38. The van der Waals surface area contributed by atoms with Crippen LogP contribution in [0.15, 0.2) is 0 Å². The van der Waals surface area contributed by atoms with E-state index in [9.17, 15) is 4.79 Å². The normalized spacial score (nSPS) is 18.2. The number of hydrogen-bond donors (Lipinski definition) is 0. The summed E-state index contributed by atoms with van der Waals surface area (Å²) in [5, 5.41) is 0. The average Bonchev–Trinajstić information content (AvgIpc) is 1.94. The molecule has 0 bridgehead atoms. The van der Waals surface area contributed by atoms with E-state index in [1.165, 1.54) is 0 Å². The van der Waals surface area contributed by atoms with Crippen molar-refractivity contribution in [2.75, 3.05) is 26.8 Å². The molecule has 1 heterocycles. The van der Waals surface area contributed by atoms with Gasteiger partial charge in [-0.05, 0) is 0 Å². The molecular weight excluding hydrogens is 142 g/mol. The summed E-state index contributed by atoms with van der Waals surface area (Å²) in [6, 6.07) is 0. The van der Waals surface area contributed by atoms with Crippen LogP contribution in [0.2, 0.25) is 0 Å². The third kappa shape index (κ3) is 1.93. The van der Waals surface area contributed by atoms with Crippen molar-refractivity contribution in [1.82, 2.24) is 4.90 Å². The van der Waals surface area contributed by atoms with Crippen molar-refractivity contribution in [2.45, 2.75) is 13.3 Å². The zero-order chi connectivity index (χ0) is 8.27. The molecule has 0 aromatic heterocycles. The molecule has 0 radical (unpaired) electrons. The van der Waals surface area contributed by atoms with Gasteiger partial charge >= 0.3 is 0 Å². The topological polar surface area (TPSA) is 29.5 Å². The Balaban J connectivity index is 2.13. The lowest BCUT2D eigenvalue weighted by atomic mass is 10.0. The lowest BCUT2D eigenvalue weighted by Crippen LogP contribution is -2.51. The van der Waals surface area contributed by atoms with Crippen LogP contribution in [-0.2, 0) is 9.53 Å². The minimum atomic E-state index is 0.261. The number of amides is 1. The Morgan fingerprint density at radius 2 is 2.27 bits per heavy atom. The SMILES string of the molecule is CCC(=O)N1CC(COC)C1. The molecule has 11 heavy (non-hydrogen) atoms. The Bertz CT molecular complexity index is 141. The molecule has 0 aromatic rings. The van der Waals surface area contributed by atoms with E-state index in [0.29, 0.717) is 12.3 Å². The van der Waals surface area contributed by atoms with Crippen molar-refractivity contribution < 1.29 is 9.53 Å². The van der Waals surface area contributed by atoms with Crippen molar-refractivity contribution in [3.05, 3.63) is 0 Å². The van der Waals surface area contributed by atoms with E-state index in [0.717, 1.165) is 19.7 Å². The standard InChI is InChI=1S/C8H15NO2/c1-3-8(10)9-4-7(5-9)6-11-2/h7H,3-6H2,1-2H3. The molecule has 0 N–H and O–H groups in total. The fraction of sp³-hybridized carbons (Fsp3) is 0.875. The van der Waals surface area contributed by atoms with Gasteiger partial charge in [-0.15, -0.1) is 0 Å². The van der Waals surface area contributed by atoms with Crippen LogP contribution in [-0.4, -0.2) is 37.6 Å². The summed E-state index contributed by atoms with van der Waals surface area (Å²) in [6.07, 6.45) is 0.625. The molecule has 0 atom stereocenters. The number of ether oxygens (including phenoxy) is 1. The predicted octanol–water partition coefficient (Wildman–Crippen LogP) is 0.501. The highest BCUT2D eigenvalue weighted by molar-refractivity contribution is 5.76. The van der Waals surface area contributed by atoms with Gasteiger partial charge in [0.25, 0.3) is 0 Å². The molecule has 1 aliphatic heterocycles. The fourth-order valence-corrected chi connectivity index (χ4v) is 1.34. The van der Waals surface area contributed by atoms with Gasteiger partial charge in [-0.25, -0.2) is 0 Å². The molecular formula is C8H15NO2. The highest BCUT2D eigenvalue weighted by Crippen LogP contribution is 2.15. The van der Waals surface area contributed by atoms with E-state index < -0.39 is 0 Å². The first kappa shape index (κ1) is 8.53. The van der Waals surface area contributed by atoms with Gasteiger partial charge in [0, 0.05) is 32.5 Å². The molecule has 1 fully saturated rings. The van der Waals surface area contributed by atoms with Crippen LogP contribution in [0.3, 0.4) is 0 Å². The van der Waals surface area contributed by atoms with Gasteiger partial charge in [0.2, 0.25) is 5.91 Å². The monoisotopic (exact) mass is 157 g/mol. The highest BCUT2D eigenvalue weighted by atomic mass is 16.5. The molecule has 0 aromatic carbocycles. The van der Waals surface area contributed by atoms with Crippen molar-refractivity contribution in [3.8, 4) is 0 Å². The zero-order valence-electron chi connectivity index (χ0n) is 7.17. The maximum atomic E-state index is 11.0. The van der Waals surface area contributed by atoms with Crippen molar-refractivity contribution in [2.24, 2.45) is 5.92 Å². The van der Waals surface area contributed by atoms with E-state index in [1.54, 1.807) is 7.11 Å². The van der Waals surface area contributed by atoms with E-state index in [2.05, 4.69) is 0 Å². The molecule has 0 spiro atoms. The Morgan fingerprint density at radius 3 is 2.73 bits per heavy atom. The number of methoxy groups -OCH3 is 1. The van der Waals surface area contributed by atoms with E-state index in [4.69, 9.17) is 4.74 Å². The number of rotatable bonds is 3. The van der Waals surface area contributed by atoms with Crippen LogP contribution in [0.1, 0.15) is 13.3 Å². The van der Waals surface area contributed by atoms with Gasteiger partial charge in [0.1, 0.15) is 0 Å². The van der Waals surface area contributed by atoms with Gasteiger partial charge in [-0.1, -0.05) is 6.92 Å². The van der Waals surface area contributed by atoms with Gasteiger partial charge in [0.05, 0.1) is 6.61 Å². The second-order valence-corrected chi connectivity index (χ2v) is 2.97. The molecule has 0 saturated carbocycles. The van der Waals surface area contributed by atoms with Gasteiger partial charge in [0.15, 0.2) is 0 Å². The first-order valence-electron chi connectivity index (χ1n) is 4.04. The predicted molar refractivity (Wildman–Crippen MR) is 42.2 cm³/mol. The number of hydrogen-bond acceptors (Lipinski definition) is 2. The maximum absolute atomic E-state index is 11.0. The van der Waals surface area contributed by atoms with Crippen molar-refractivity contribution in [1.29, 1.82) is 0 Å². The van der Waals surface area contributed by atoms with E-state index in [-0.39, 0.29) is 5.91 Å². The summed E-state index contributed by atoms with van der Waals surface area (Å²) in [7, 11) is 1.70. The molecule has 1 amide bonds. The molecule has 0 aliphatic carbocycles. The zero-order valence-corrected chi connectivity index (χ0v) is 7.17. The number of likely N-dealkylation sites (tertiary alicyclic amines) is 1. The fourth-order valence-electron chi connectivity index (χ4n) is 1.34. The average molecular weight is 157 g/mol. The molecule has 1 aliphatic rings. The molecule has 1 rings (SSSR count). The quantitative estimate of drug-likeness (QED) is 0.597. The number of carbonyl (C=O) groups is 1. The third-order valence-corrected chi connectivity index (χ3v) is 2.01. The van der Waals surface area contributed by atoms with E-state index >= 15 is 0 Å². The van der Waals surface area contributed by atoms with Crippen LogP contribution in [0.5, 0.6) is 0 Å². The first-order chi connectivity index (χ1) is 5.27. The highest BCUT2D eigenvalue weighted by Gasteiger charge is 2.28. The summed E-state index contributed by atoms with van der Waals surface area (Å²) >= 11 is 0. The second-order valence-electron chi connectivity index (χ2n) is 2.97. The van der Waals surface area contributed by atoms with Crippen LogP contribution < -0.4 is 0 Å². The Labute approximate surface area is 67.3 Å². The van der Waals surface area contributed by atoms with Crippen LogP contribution in [0.25, 0.3) is 0 Å². The molecule has 0 unspecified atom stereocenters. The van der Waals surface area contributed by atoms with E-state index in [1.807, 2.05) is 11.8 Å². The molecule has 1 saturated heterocycles. The summed E-state index contributed by atoms with van der Waals surface area (Å²) in [4.78, 5) is 12.9. The lowest BCUT2D eigenvalue weighted by molar-refractivity contribution is -0.138. The number of nitrogens with zero attached hydrogens (tertiary/aromatic N) is 1. The van der Waals surface area contributed by atoms with Crippen LogP contribution >= 0.6 is 0 Å². The second kappa shape index (κ2) is 3.72. The summed E-state index contributed by atoms with van der Waals surface area (Å²) in [5.41, 5.74) is 0. The van der Waals surface area contributed by atoms with Crippen LogP contribution in [0.4, 0.5) is 0 Å². The van der Waals surface area contributed by atoms with Crippen molar-refractivity contribution in [3.63, 3.8) is 0 Å². The smallest absolute Gasteiger partial charge is 0.222 e. The Morgan fingerprint density at radius 1 is 1.64 bits per heavy atom. The first-order valence-corrected chi connectivity index (χ1v) is 4.04. The Kier molecular flexibility index (Phi) is 2.88. The Hall–Kier alpha value is -0.570. The summed E-state index contributed by atoms with van der Waals surface area (Å²) in [5.74, 6) is 0.841. The third-order valence-electron chi connectivity index (χ3n) is 2.01. The summed E-state index contributed by atoms with van der Waals surface area (Å²) in [6.45, 7) is 4.46. The largest absolute Gasteiger partial charge is 0.384 e. The molecule has 3 heteroatoms. The van der Waals surface area contributed by atoms with Crippen LogP contribution in [0, 0.1) is 5.92 Å². The minimum absolute atomic E-state index is 0.261. The molecule has 3 nitrogen and oxygen atoms in total. The summed E-state index contributed by atoms with van der Waals surface area (Å²) < 4.78 is 4.97. The van der Waals surface area contributed by atoms with Crippen molar-refractivity contribution >= 4 is 5.91 Å². The maximum Gasteiger partial charge on any atom is 0.222 e. The minimum Gasteiger partial charge on any atom is -0.384 e. The van der Waals surface area contributed by atoms with Gasteiger partial charge < -0.3 is 9.64 Å². The molecule has 64 valence electrons. The van der Waals surface area contributed by atoms with Gasteiger partial charge in [-0.3, -0.25) is 4.79 Å². The number of carbonyl (C=O) groups excluding carboxylic acids is 1. The van der Waals surface area contributed by atoms with Gasteiger partial charge in [-0.2, -0.15) is 0 Å².